The zero-order chi connectivity index (χ0) is 20.0. The van der Waals surface area contributed by atoms with Crippen molar-refractivity contribution in [1.82, 2.24) is 10.3 Å². The molecular formula is C20H25ClN2O4. The molecule has 0 spiro atoms. The minimum atomic E-state index is -0.466. The van der Waals surface area contributed by atoms with Gasteiger partial charge in [0.05, 0.1) is 12.2 Å². The Kier molecular flexibility index (Phi) is 7.45. The summed E-state index contributed by atoms with van der Waals surface area (Å²) in [5, 5.41) is 3.64. The third-order valence-corrected chi connectivity index (χ3v) is 4.47. The molecule has 0 radical (unpaired) electrons. The molecule has 0 bridgehead atoms. The summed E-state index contributed by atoms with van der Waals surface area (Å²) in [7, 11) is 1.54. The number of methoxy groups -OCH3 is 1. The molecule has 2 rings (SSSR count). The number of rotatable bonds is 8. The second-order valence-electron chi connectivity index (χ2n) is 6.46. The van der Waals surface area contributed by atoms with E-state index in [4.69, 9.17) is 21.1 Å². The zero-order valence-corrected chi connectivity index (χ0v) is 16.8. The molecule has 1 amide bonds. The van der Waals surface area contributed by atoms with Crippen molar-refractivity contribution >= 4 is 23.5 Å². The first-order valence-corrected chi connectivity index (χ1v) is 9.11. The van der Waals surface area contributed by atoms with Gasteiger partial charge in [0, 0.05) is 23.9 Å². The molecule has 146 valence electrons. The van der Waals surface area contributed by atoms with E-state index in [9.17, 15) is 9.59 Å². The van der Waals surface area contributed by atoms with Gasteiger partial charge < -0.3 is 19.8 Å². The van der Waals surface area contributed by atoms with E-state index in [0.29, 0.717) is 40.6 Å². The average molecular weight is 393 g/mol. The number of hydrogen-bond acceptors (Lipinski definition) is 4. The highest BCUT2D eigenvalue weighted by atomic mass is 35.5. The minimum absolute atomic E-state index is 0.0845. The van der Waals surface area contributed by atoms with Gasteiger partial charge in [-0.25, -0.2) is 4.79 Å². The molecular weight excluding hydrogens is 368 g/mol. The Hall–Kier alpha value is -2.31. The number of H-pyrrole nitrogens is 1. The Morgan fingerprint density at radius 2 is 1.85 bits per heavy atom. The normalized spacial score (nSPS) is 11.9. The minimum Gasteiger partial charge on any atom is -0.460 e. The second-order valence-corrected chi connectivity index (χ2v) is 6.90. The van der Waals surface area contributed by atoms with Crippen LogP contribution in [-0.2, 0) is 15.9 Å². The maximum atomic E-state index is 12.6. The lowest BCUT2D eigenvalue weighted by Crippen LogP contribution is -2.34. The smallest absolute Gasteiger partial charge is 0.340 e. The molecule has 2 N–H and O–H groups in total. The Morgan fingerprint density at radius 3 is 2.48 bits per heavy atom. The summed E-state index contributed by atoms with van der Waals surface area (Å²) >= 11 is 5.89. The Balaban J connectivity index is 2.04. The van der Waals surface area contributed by atoms with Crippen LogP contribution in [0.5, 0.6) is 0 Å². The van der Waals surface area contributed by atoms with E-state index in [2.05, 4.69) is 10.3 Å². The Bertz CT molecular complexity index is 799. The van der Waals surface area contributed by atoms with E-state index < -0.39 is 5.97 Å². The molecule has 0 unspecified atom stereocenters. The highest BCUT2D eigenvalue weighted by Crippen LogP contribution is 2.19. The van der Waals surface area contributed by atoms with Gasteiger partial charge in [-0.2, -0.15) is 0 Å². The molecule has 1 aromatic heterocycles. The summed E-state index contributed by atoms with van der Waals surface area (Å²) in [6.45, 7) is 5.89. The average Bonchev–Trinajstić information content (AvgIpc) is 2.91. The van der Waals surface area contributed by atoms with Crippen LogP contribution in [0.15, 0.2) is 24.3 Å². The number of carbonyl (C=O) groups is 2. The summed E-state index contributed by atoms with van der Waals surface area (Å²) in [5.74, 6) is -0.723. The van der Waals surface area contributed by atoms with Crippen molar-refractivity contribution in [2.24, 2.45) is 0 Å². The largest absolute Gasteiger partial charge is 0.460 e. The highest BCUT2D eigenvalue weighted by Gasteiger charge is 2.23. The number of ether oxygens (including phenoxy) is 2. The predicted octanol–water partition coefficient (Wildman–Crippen LogP) is 3.45. The van der Waals surface area contributed by atoms with Crippen LogP contribution in [0.3, 0.4) is 0 Å². The molecule has 6 nitrogen and oxygen atoms in total. The summed E-state index contributed by atoms with van der Waals surface area (Å²) in [6, 6.07) is 7.43. The number of aromatic amines is 1. The van der Waals surface area contributed by atoms with E-state index in [1.54, 1.807) is 13.8 Å². The predicted molar refractivity (Wildman–Crippen MR) is 105 cm³/mol. The van der Waals surface area contributed by atoms with E-state index in [1.165, 1.54) is 7.11 Å². The molecule has 0 saturated carbocycles. The molecule has 1 heterocycles. The number of esters is 1. The third kappa shape index (κ3) is 5.58. The van der Waals surface area contributed by atoms with Crippen LogP contribution in [0, 0.1) is 13.8 Å². The molecule has 27 heavy (non-hydrogen) atoms. The van der Waals surface area contributed by atoms with Gasteiger partial charge in [0.2, 0.25) is 0 Å². The molecule has 7 heteroatoms. The lowest BCUT2D eigenvalue weighted by molar-refractivity contribution is 0.0387. The topological polar surface area (TPSA) is 80.4 Å². The van der Waals surface area contributed by atoms with Crippen LogP contribution in [0.4, 0.5) is 0 Å². The van der Waals surface area contributed by atoms with E-state index >= 15 is 0 Å². The fourth-order valence-corrected chi connectivity index (χ4v) is 3.02. The molecule has 0 aliphatic rings. The number of amides is 1. The van der Waals surface area contributed by atoms with Gasteiger partial charge >= 0.3 is 5.97 Å². The molecule has 0 aliphatic heterocycles. The van der Waals surface area contributed by atoms with Crippen LogP contribution >= 0.6 is 11.6 Å². The monoisotopic (exact) mass is 392 g/mol. The number of carbonyl (C=O) groups excluding carboxylic acids is 2. The van der Waals surface area contributed by atoms with Crippen molar-refractivity contribution in [3.05, 3.63) is 57.4 Å². The third-order valence-electron chi connectivity index (χ3n) is 4.22. The zero-order valence-electron chi connectivity index (χ0n) is 16.0. The van der Waals surface area contributed by atoms with Gasteiger partial charge in [-0.15, -0.1) is 0 Å². The van der Waals surface area contributed by atoms with Crippen LogP contribution in [0.25, 0.3) is 0 Å². The maximum absolute atomic E-state index is 12.6. The van der Waals surface area contributed by atoms with Gasteiger partial charge in [0.25, 0.3) is 5.91 Å². The van der Waals surface area contributed by atoms with Gasteiger partial charge in [-0.05, 0) is 50.5 Å². The molecule has 2 aromatic rings. The fraction of sp³-hybridized carbons (Fsp3) is 0.400. The number of aromatic nitrogens is 1. The lowest BCUT2D eigenvalue weighted by Gasteiger charge is -2.14. The molecule has 1 aromatic carbocycles. The van der Waals surface area contributed by atoms with Crippen molar-refractivity contribution in [3.63, 3.8) is 0 Å². The van der Waals surface area contributed by atoms with Crippen molar-refractivity contribution < 1.29 is 19.1 Å². The standard InChI is InChI=1S/C20H25ClN2O4/c1-12(11-15-5-7-16(21)8-6-15)22-19(24)18-13(2)17(14(3)23-18)20(25)27-10-9-26-4/h5-8,12,23H,9-11H2,1-4H3,(H,22,24)/t12-/m0/s1. The van der Waals surface area contributed by atoms with Crippen molar-refractivity contribution in [1.29, 1.82) is 0 Å². The molecule has 1 atom stereocenters. The highest BCUT2D eigenvalue weighted by molar-refractivity contribution is 6.30. The van der Waals surface area contributed by atoms with Crippen LogP contribution in [0.1, 0.15) is 44.6 Å². The number of aryl methyl sites for hydroxylation is 1. The van der Waals surface area contributed by atoms with Crippen molar-refractivity contribution in [2.75, 3.05) is 20.3 Å². The number of halogens is 1. The van der Waals surface area contributed by atoms with Gasteiger partial charge in [-0.1, -0.05) is 23.7 Å². The molecule has 0 aliphatic carbocycles. The first kappa shape index (κ1) is 21.0. The van der Waals surface area contributed by atoms with E-state index in [0.717, 1.165) is 5.56 Å². The quantitative estimate of drug-likeness (QED) is 0.532. The first-order chi connectivity index (χ1) is 12.8. The summed E-state index contributed by atoms with van der Waals surface area (Å²) in [6.07, 6.45) is 0.674. The number of benzene rings is 1. The SMILES string of the molecule is COCCOC(=O)c1c(C)[nH]c(C(=O)N[C@@H](C)Cc2ccc(Cl)cc2)c1C. The van der Waals surface area contributed by atoms with Gasteiger partial charge in [-0.3, -0.25) is 4.79 Å². The number of hydrogen-bond donors (Lipinski definition) is 2. The Morgan fingerprint density at radius 1 is 1.19 bits per heavy atom. The molecule has 0 saturated heterocycles. The van der Waals surface area contributed by atoms with Crippen LogP contribution in [0.2, 0.25) is 5.02 Å². The summed E-state index contributed by atoms with van der Waals surface area (Å²) in [4.78, 5) is 27.9. The van der Waals surface area contributed by atoms with E-state index in [1.807, 2.05) is 31.2 Å². The summed E-state index contributed by atoms with van der Waals surface area (Å²) in [5.41, 5.74) is 3.02. The van der Waals surface area contributed by atoms with E-state index in [-0.39, 0.29) is 18.6 Å². The first-order valence-electron chi connectivity index (χ1n) is 8.74. The van der Waals surface area contributed by atoms with Gasteiger partial charge in [0.15, 0.2) is 0 Å². The van der Waals surface area contributed by atoms with Crippen molar-refractivity contribution in [2.45, 2.75) is 33.2 Å². The summed E-state index contributed by atoms with van der Waals surface area (Å²) < 4.78 is 10.0. The van der Waals surface area contributed by atoms with Crippen molar-refractivity contribution in [3.8, 4) is 0 Å². The van der Waals surface area contributed by atoms with Crippen LogP contribution in [-0.4, -0.2) is 43.2 Å². The van der Waals surface area contributed by atoms with Gasteiger partial charge in [0.1, 0.15) is 12.3 Å². The Labute approximate surface area is 164 Å². The maximum Gasteiger partial charge on any atom is 0.340 e. The number of nitrogens with one attached hydrogen (secondary N) is 2. The lowest BCUT2D eigenvalue weighted by atomic mass is 10.1. The molecule has 0 fully saturated rings. The fourth-order valence-electron chi connectivity index (χ4n) is 2.89. The second kappa shape index (κ2) is 9.58. The van der Waals surface area contributed by atoms with Crippen LogP contribution < -0.4 is 5.32 Å².